The Balaban J connectivity index is 1.86. The Morgan fingerprint density at radius 3 is 2.65 bits per heavy atom. The second-order valence-electron chi connectivity index (χ2n) is 6.25. The monoisotopic (exact) mass is 366 g/mol. The van der Waals surface area contributed by atoms with Gasteiger partial charge in [0.1, 0.15) is 0 Å². The highest BCUT2D eigenvalue weighted by molar-refractivity contribution is 9.09. The fourth-order valence-electron chi connectivity index (χ4n) is 3.58. The number of halogens is 1. The topological polar surface area (TPSA) is 40.6 Å². The summed E-state index contributed by atoms with van der Waals surface area (Å²) in [7, 11) is -3.01. The Bertz CT molecular complexity index is 402. The fraction of sp³-hybridized carbons (Fsp3) is 1.00. The Kier molecular flexibility index (Phi) is 6.32. The summed E-state index contributed by atoms with van der Waals surface area (Å²) < 4.78 is 25.0. The molecule has 0 radical (unpaired) electrons. The van der Waals surface area contributed by atoms with Crippen molar-refractivity contribution < 1.29 is 8.42 Å². The predicted molar refractivity (Wildman–Crippen MR) is 86.8 cm³/mol. The van der Waals surface area contributed by atoms with Crippen molar-refractivity contribution in [1.82, 2.24) is 9.21 Å². The molecule has 20 heavy (non-hydrogen) atoms. The molecular weight excluding hydrogens is 340 g/mol. The minimum atomic E-state index is -3.01. The lowest BCUT2D eigenvalue weighted by Gasteiger charge is -2.35. The van der Waals surface area contributed by atoms with Crippen molar-refractivity contribution in [2.75, 3.05) is 37.8 Å². The van der Waals surface area contributed by atoms with Crippen LogP contribution in [0.4, 0.5) is 0 Å². The van der Waals surface area contributed by atoms with Gasteiger partial charge in [-0.25, -0.2) is 12.7 Å². The molecule has 2 rings (SSSR count). The van der Waals surface area contributed by atoms with Crippen LogP contribution >= 0.6 is 15.9 Å². The van der Waals surface area contributed by atoms with Crippen LogP contribution in [-0.2, 0) is 10.0 Å². The zero-order valence-corrected chi connectivity index (χ0v) is 14.8. The van der Waals surface area contributed by atoms with Crippen LogP contribution in [0.3, 0.4) is 0 Å². The highest BCUT2D eigenvalue weighted by Gasteiger charge is 2.30. The van der Waals surface area contributed by atoms with Crippen molar-refractivity contribution in [3.63, 3.8) is 0 Å². The normalized spacial score (nSPS) is 29.9. The van der Waals surface area contributed by atoms with Crippen LogP contribution in [0, 0.1) is 5.92 Å². The first-order valence-corrected chi connectivity index (χ1v) is 10.7. The van der Waals surface area contributed by atoms with Gasteiger partial charge in [0.15, 0.2) is 0 Å². The summed E-state index contributed by atoms with van der Waals surface area (Å²) >= 11 is 3.51. The molecule has 6 heteroatoms. The first kappa shape index (κ1) is 16.7. The quantitative estimate of drug-likeness (QED) is 0.677. The maximum Gasteiger partial charge on any atom is 0.211 e. The second-order valence-corrected chi connectivity index (χ2v) is 9.03. The average Bonchev–Trinajstić information content (AvgIpc) is 2.83. The third-order valence-electron chi connectivity index (χ3n) is 4.61. The Labute approximate surface area is 132 Å². The molecule has 0 bridgehead atoms. The van der Waals surface area contributed by atoms with Gasteiger partial charge in [-0.05, 0) is 51.0 Å². The number of nitrogens with zero attached hydrogens (tertiary/aromatic N) is 2. The Hall–Kier alpha value is 0.350. The van der Waals surface area contributed by atoms with Gasteiger partial charge in [0.05, 0.1) is 6.26 Å². The molecule has 2 atom stereocenters. The van der Waals surface area contributed by atoms with Gasteiger partial charge in [0.25, 0.3) is 0 Å². The number of sulfonamides is 1. The molecule has 2 aliphatic rings. The molecule has 0 spiro atoms. The summed E-state index contributed by atoms with van der Waals surface area (Å²) in [4.78, 5) is 2.61. The van der Waals surface area contributed by atoms with Crippen LogP contribution in [0.2, 0.25) is 0 Å². The molecule has 0 aromatic heterocycles. The van der Waals surface area contributed by atoms with E-state index in [9.17, 15) is 8.42 Å². The molecule has 0 amide bonds. The molecule has 4 nitrogen and oxygen atoms in total. The summed E-state index contributed by atoms with van der Waals surface area (Å²) in [6.45, 7) is 3.71. The molecule has 2 heterocycles. The summed E-state index contributed by atoms with van der Waals surface area (Å²) in [6.07, 6.45) is 8.65. The summed E-state index contributed by atoms with van der Waals surface area (Å²) in [5.41, 5.74) is 0. The maximum atomic E-state index is 11.7. The van der Waals surface area contributed by atoms with E-state index in [2.05, 4.69) is 20.8 Å². The average molecular weight is 367 g/mol. The molecule has 2 aliphatic heterocycles. The molecule has 0 N–H and O–H groups in total. The van der Waals surface area contributed by atoms with Crippen molar-refractivity contribution >= 4 is 26.0 Å². The Morgan fingerprint density at radius 1 is 1.20 bits per heavy atom. The van der Waals surface area contributed by atoms with E-state index in [4.69, 9.17) is 0 Å². The van der Waals surface area contributed by atoms with Gasteiger partial charge < -0.3 is 4.90 Å². The van der Waals surface area contributed by atoms with Gasteiger partial charge in [-0.3, -0.25) is 0 Å². The van der Waals surface area contributed by atoms with Crippen LogP contribution in [-0.4, -0.2) is 61.4 Å². The van der Waals surface area contributed by atoms with Crippen molar-refractivity contribution in [3.05, 3.63) is 0 Å². The highest BCUT2D eigenvalue weighted by Crippen LogP contribution is 2.26. The van der Waals surface area contributed by atoms with Crippen molar-refractivity contribution in [1.29, 1.82) is 0 Å². The van der Waals surface area contributed by atoms with Gasteiger partial charge >= 0.3 is 0 Å². The smallest absolute Gasteiger partial charge is 0.211 e. The molecular formula is C14H27BrN2O2S. The fourth-order valence-corrected chi connectivity index (χ4v) is 4.85. The van der Waals surface area contributed by atoms with E-state index < -0.39 is 10.0 Å². The molecule has 2 fully saturated rings. The Morgan fingerprint density at radius 2 is 1.95 bits per heavy atom. The van der Waals surface area contributed by atoms with Crippen molar-refractivity contribution in [2.45, 2.75) is 44.6 Å². The van der Waals surface area contributed by atoms with Gasteiger partial charge in [-0.15, -0.1) is 0 Å². The van der Waals surface area contributed by atoms with E-state index in [-0.39, 0.29) is 0 Å². The lowest BCUT2D eigenvalue weighted by Crippen LogP contribution is -2.44. The standard InChI is InChI=1S/C14H27BrN2O2S/c1-20(18,19)17-10-3-5-13(12-17)11-16-9-4-7-14(16)6-2-8-15/h13-14H,2-12H2,1H3. The number of hydrogen-bond acceptors (Lipinski definition) is 3. The molecule has 0 aromatic rings. The van der Waals surface area contributed by atoms with E-state index in [0.717, 1.165) is 30.9 Å². The molecule has 118 valence electrons. The third-order valence-corrected chi connectivity index (χ3v) is 6.44. The number of alkyl halides is 1. The lowest BCUT2D eigenvalue weighted by atomic mass is 9.98. The highest BCUT2D eigenvalue weighted by atomic mass is 79.9. The van der Waals surface area contributed by atoms with E-state index in [1.54, 1.807) is 4.31 Å². The van der Waals surface area contributed by atoms with Gasteiger partial charge in [0, 0.05) is 31.0 Å². The van der Waals surface area contributed by atoms with E-state index >= 15 is 0 Å². The van der Waals surface area contributed by atoms with E-state index in [1.165, 1.54) is 44.9 Å². The van der Waals surface area contributed by atoms with Crippen LogP contribution in [0.1, 0.15) is 38.5 Å². The predicted octanol–water partition coefficient (Wildman–Crippen LogP) is 2.30. The molecule has 0 aliphatic carbocycles. The van der Waals surface area contributed by atoms with E-state index in [1.807, 2.05) is 0 Å². The number of likely N-dealkylation sites (tertiary alicyclic amines) is 1. The number of rotatable bonds is 6. The third kappa shape index (κ3) is 4.68. The summed E-state index contributed by atoms with van der Waals surface area (Å²) in [5, 5.41) is 1.09. The summed E-state index contributed by atoms with van der Waals surface area (Å²) in [5.74, 6) is 0.517. The zero-order chi connectivity index (χ0) is 14.6. The van der Waals surface area contributed by atoms with Crippen LogP contribution in [0.5, 0.6) is 0 Å². The van der Waals surface area contributed by atoms with E-state index in [0.29, 0.717) is 12.5 Å². The summed E-state index contributed by atoms with van der Waals surface area (Å²) in [6, 6.07) is 0.723. The van der Waals surface area contributed by atoms with Crippen molar-refractivity contribution in [2.24, 2.45) is 5.92 Å². The lowest BCUT2D eigenvalue weighted by molar-refractivity contribution is 0.163. The molecule has 2 saturated heterocycles. The van der Waals surface area contributed by atoms with Crippen LogP contribution in [0.15, 0.2) is 0 Å². The molecule has 0 aromatic carbocycles. The van der Waals surface area contributed by atoms with Crippen LogP contribution < -0.4 is 0 Å². The van der Waals surface area contributed by atoms with Gasteiger partial charge in [0.2, 0.25) is 10.0 Å². The first-order valence-electron chi connectivity index (χ1n) is 7.76. The molecule has 0 saturated carbocycles. The van der Waals surface area contributed by atoms with Gasteiger partial charge in [-0.1, -0.05) is 15.9 Å². The molecule has 2 unspecified atom stereocenters. The SMILES string of the molecule is CS(=O)(=O)N1CCCC(CN2CCCC2CCCBr)C1. The number of piperidine rings is 1. The minimum Gasteiger partial charge on any atom is -0.300 e. The number of hydrogen-bond donors (Lipinski definition) is 0. The first-order chi connectivity index (χ1) is 9.50. The largest absolute Gasteiger partial charge is 0.300 e. The van der Waals surface area contributed by atoms with Gasteiger partial charge in [-0.2, -0.15) is 0 Å². The zero-order valence-electron chi connectivity index (χ0n) is 12.4. The van der Waals surface area contributed by atoms with Crippen LogP contribution in [0.25, 0.3) is 0 Å². The minimum absolute atomic E-state index is 0.517. The second kappa shape index (κ2) is 7.56. The van der Waals surface area contributed by atoms with Crippen molar-refractivity contribution in [3.8, 4) is 0 Å². The maximum absolute atomic E-state index is 11.7.